The van der Waals surface area contributed by atoms with Crippen molar-refractivity contribution in [3.63, 3.8) is 0 Å². The van der Waals surface area contributed by atoms with Crippen molar-refractivity contribution in [1.82, 2.24) is 9.29 Å². The Morgan fingerprint density at radius 3 is 2.26 bits per heavy atom. The summed E-state index contributed by atoms with van der Waals surface area (Å²) >= 11 is 1.71. The predicted octanol–water partition coefficient (Wildman–Crippen LogP) is 7.40. The van der Waals surface area contributed by atoms with Gasteiger partial charge in [0.05, 0.1) is 52.5 Å². The van der Waals surface area contributed by atoms with Crippen LogP contribution in [0.25, 0.3) is 0 Å². The van der Waals surface area contributed by atoms with Crippen molar-refractivity contribution < 1.29 is 55.9 Å². The minimum atomic E-state index is -3.75. The van der Waals surface area contributed by atoms with Crippen LogP contribution in [0.1, 0.15) is 118 Å². The average Bonchev–Trinajstić information content (AvgIpc) is 3.99. The summed E-state index contributed by atoms with van der Waals surface area (Å²) in [6, 6.07) is 6.49. The number of aromatic nitrogens is 1. The first kappa shape index (κ1) is 48.8. The van der Waals surface area contributed by atoms with Crippen LogP contribution in [0, 0.1) is 37.5 Å². The highest BCUT2D eigenvalue weighted by molar-refractivity contribution is 7.89. The number of carbonyl (C=O) groups is 2. The number of carbonyl (C=O) groups excluding carboxylic acids is 2. The number of aryl methyl sites for hydroxylation is 2. The molecule has 6 aliphatic rings. The molecule has 8 rings (SSSR count). The summed E-state index contributed by atoms with van der Waals surface area (Å²) in [5.74, 6) is -1.15. The molecule has 3 saturated heterocycles. The zero-order chi connectivity index (χ0) is 46.5. The highest BCUT2D eigenvalue weighted by Gasteiger charge is 2.57. The number of rotatable bonds is 11. The van der Waals surface area contributed by atoms with Gasteiger partial charge in [0.25, 0.3) is 0 Å². The molecule has 0 spiro atoms. The van der Waals surface area contributed by atoms with Crippen molar-refractivity contribution in [1.29, 1.82) is 0 Å². The molecule has 0 bridgehead atoms. The number of esters is 1. The second-order valence-corrected chi connectivity index (χ2v) is 22.6. The molecule has 17 atom stereocenters. The lowest BCUT2D eigenvalue weighted by Gasteiger charge is -2.44. The number of likely N-dealkylation sites (N-methyl/N-ethyl adjacent to an activating group) is 1. The van der Waals surface area contributed by atoms with E-state index < -0.39 is 58.8 Å². The van der Waals surface area contributed by atoms with Crippen molar-refractivity contribution in [3.05, 3.63) is 57.1 Å². The summed E-state index contributed by atoms with van der Waals surface area (Å²) in [7, 11) is 2.80. The minimum Gasteiger partial charge on any atom is -0.462 e. The van der Waals surface area contributed by atoms with Gasteiger partial charge in [-0.25, -0.2) is 13.4 Å². The molecule has 1 saturated carbocycles. The number of Topliss-reactive ketones (excluding diaryl/α,β-unsaturated/α-hetero) is 1. The normalized spacial score (nSPS) is 39.1. The maximum Gasteiger partial charge on any atom is 0.306 e. The van der Waals surface area contributed by atoms with Gasteiger partial charge < -0.3 is 37.9 Å². The number of benzene rings is 1. The Kier molecular flexibility index (Phi) is 15.1. The number of sulfonamides is 1. The smallest absolute Gasteiger partial charge is 0.306 e. The van der Waals surface area contributed by atoms with E-state index in [9.17, 15) is 13.2 Å². The number of fused-ring (bicyclic) bond motifs is 8. The molecule has 0 radical (unpaired) electrons. The predicted molar refractivity (Wildman–Crippen MR) is 243 cm³/mol. The van der Waals surface area contributed by atoms with Crippen LogP contribution in [0.15, 0.2) is 40.8 Å². The molecule has 1 aromatic carbocycles. The maximum absolute atomic E-state index is 15.2. The van der Waals surface area contributed by atoms with Gasteiger partial charge in [0.1, 0.15) is 24.4 Å². The zero-order valence-corrected chi connectivity index (χ0v) is 41.3. The summed E-state index contributed by atoms with van der Waals surface area (Å²) in [5, 5.41) is 0.961. The number of thiazole rings is 1. The number of ketones is 1. The van der Waals surface area contributed by atoms with E-state index in [-0.39, 0.29) is 77.3 Å². The van der Waals surface area contributed by atoms with Crippen molar-refractivity contribution in [2.45, 2.75) is 184 Å². The Labute approximate surface area is 389 Å². The molecule has 16 heteroatoms. The van der Waals surface area contributed by atoms with Gasteiger partial charge in [0.2, 0.25) is 10.0 Å². The van der Waals surface area contributed by atoms with E-state index in [0.717, 1.165) is 29.1 Å². The molecule has 3 aliphatic heterocycles. The topological polar surface area (TPSA) is 158 Å². The summed E-state index contributed by atoms with van der Waals surface area (Å²) in [6.07, 6.45) is 3.27. The van der Waals surface area contributed by atoms with Crippen molar-refractivity contribution in [3.8, 4) is 0 Å². The van der Waals surface area contributed by atoms with Crippen LogP contribution in [0.4, 0.5) is 0 Å². The van der Waals surface area contributed by atoms with Gasteiger partial charge in [-0.15, -0.1) is 11.3 Å². The number of cyclic esters (lactones) is 1. The first-order valence-electron chi connectivity index (χ1n) is 23.8. The summed E-state index contributed by atoms with van der Waals surface area (Å²) < 4.78 is 79.0. The molecule has 360 valence electrons. The monoisotopic (exact) mass is 942 g/mol. The second kappa shape index (κ2) is 20.1. The molecule has 0 N–H and O–H groups in total. The summed E-state index contributed by atoms with van der Waals surface area (Å²) in [5.41, 5.74) is 2.63. The van der Waals surface area contributed by atoms with Crippen molar-refractivity contribution >= 4 is 33.1 Å². The van der Waals surface area contributed by atoms with Gasteiger partial charge >= 0.3 is 5.97 Å². The van der Waals surface area contributed by atoms with E-state index in [1.54, 1.807) is 64.0 Å². The third-order valence-corrected chi connectivity index (χ3v) is 18.5. The van der Waals surface area contributed by atoms with Crippen LogP contribution < -0.4 is 0 Å². The van der Waals surface area contributed by atoms with E-state index in [2.05, 4.69) is 6.08 Å². The number of methoxy groups -OCH3 is 3. The fourth-order valence-electron chi connectivity index (χ4n) is 12.0. The van der Waals surface area contributed by atoms with Gasteiger partial charge in [-0.05, 0) is 102 Å². The first-order chi connectivity index (χ1) is 31.1. The number of hydrogen-bond acceptors (Lipinski definition) is 14. The lowest BCUT2D eigenvalue weighted by Crippen LogP contribution is -2.59. The van der Waals surface area contributed by atoms with E-state index >= 15 is 4.79 Å². The van der Waals surface area contributed by atoms with Gasteiger partial charge in [0.15, 0.2) is 18.4 Å². The van der Waals surface area contributed by atoms with Gasteiger partial charge in [-0.3, -0.25) is 9.59 Å². The highest BCUT2D eigenvalue weighted by Crippen LogP contribution is 2.62. The van der Waals surface area contributed by atoms with E-state index in [4.69, 9.17) is 42.9 Å². The van der Waals surface area contributed by atoms with Crippen molar-refractivity contribution in [2.75, 3.05) is 28.4 Å². The Bertz CT molecular complexity index is 2150. The minimum absolute atomic E-state index is 0.0258. The van der Waals surface area contributed by atoms with Gasteiger partial charge in [-0.2, -0.15) is 4.31 Å². The van der Waals surface area contributed by atoms with Crippen LogP contribution in [0.5, 0.6) is 0 Å². The molecule has 14 nitrogen and oxygen atoms in total. The Hall–Kier alpha value is -2.64. The average molecular weight is 943 g/mol. The maximum atomic E-state index is 15.2. The summed E-state index contributed by atoms with van der Waals surface area (Å²) in [6.45, 7) is 11.8. The van der Waals surface area contributed by atoms with Crippen LogP contribution in [0.2, 0.25) is 0 Å². The van der Waals surface area contributed by atoms with E-state index in [0.29, 0.717) is 44.1 Å². The van der Waals surface area contributed by atoms with Crippen LogP contribution in [-0.4, -0.2) is 125 Å². The third kappa shape index (κ3) is 9.56. The fourth-order valence-corrected chi connectivity index (χ4v) is 14.7. The molecule has 3 aliphatic carbocycles. The fraction of sp³-hybridized carbons (Fsp3) is 0.735. The standard InChI is InChI=1S/C49H70N2O12S2/c1-11-30-13-12-14-39(63-41-20-19-38(27(4)59-41)51(7)65(54,55)32-17-15-25(2)16-18-32)26(3)44(53)36-23-34-33-21-31(62-49-47(58-10)46(57-9)45(56-8)28(5)60-49)22-37(33)48-43(50-29(6)64-48)42(34)35(36)24-40(52)61-30/h15-18,23,26-28,30-31,33-35,37-39,41-42,45-47,49H,11-14,19-22,24H2,1-10H3/t26-,27-,28+,30+,31+,33+,34+,35-,37-,38+,39+,41+,42-,45+,46-,47-,49+/m1/s1. The van der Waals surface area contributed by atoms with E-state index in [1.807, 2.05) is 41.5 Å². The number of hydrogen-bond donors (Lipinski definition) is 0. The second-order valence-electron chi connectivity index (χ2n) is 19.4. The Morgan fingerprint density at radius 2 is 1.58 bits per heavy atom. The SMILES string of the molecule is CC[C@H]1CCC[C@H](O[C@H]2CC[C@H](N(C)S(=O)(=O)c3ccc(C)cc3)[C@@H](C)O2)[C@@H](C)C(=O)C2=C[C@H]3[C@@H]4C[C@H](O[C@@H]5O[C@@H](C)[C@H](OC)[C@@H](OC)[C@H]5OC)C[C@H]4c4sc(C)nc4[C@H]3[C@@H]2CC(=O)O1. The molecule has 4 heterocycles. The van der Waals surface area contributed by atoms with E-state index in [1.165, 1.54) is 9.18 Å². The zero-order valence-electron chi connectivity index (χ0n) is 39.7. The number of allylic oxidation sites excluding steroid dienone is 2. The van der Waals surface area contributed by atoms with Crippen molar-refractivity contribution in [2.24, 2.45) is 23.7 Å². The molecule has 2 aromatic rings. The Balaban J connectivity index is 1.04. The molecule has 1 aromatic heterocycles. The van der Waals surface area contributed by atoms with Gasteiger partial charge in [0, 0.05) is 63.3 Å². The first-order valence-corrected chi connectivity index (χ1v) is 26.0. The molecular formula is C49H70N2O12S2. The van der Waals surface area contributed by atoms with Crippen LogP contribution >= 0.6 is 11.3 Å². The lowest BCUT2D eigenvalue weighted by atomic mass is 9.67. The highest BCUT2D eigenvalue weighted by atomic mass is 32.2. The quantitative estimate of drug-likeness (QED) is 0.206. The van der Waals surface area contributed by atoms with Crippen LogP contribution in [-0.2, 0) is 57.5 Å². The number of nitrogens with zero attached hydrogens (tertiary/aromatic N) is 2. The molecule has 65 heavy (non-hydrogen) atoms. The lowest BCUT2D eigenvalue weighted by molar-refractivity contribution is -0.314. The largest absolute Gasteiger partial charge is 0.462 e. The molecule has 0 amide bonds. The van der Waals surface area contributed by atoms with Gasteiger partial charge in [-0.1, -0.05) is 37.6 Å². The molecule has 4 fully saturated rings. The Morgan fingerprint density at radius 1 is 0.862 bits per heavy atom. The summed E-state index contributed by atoms with van der Waals surface area (Å²) in [4.78, 5) is 35.7. The number of ether oxygens (including phenoxy) is 8. The molecular weight excluding hydrogens is 873 g/mol. The van der Waals surface area contributed by atoms with Crippen LogP contribution in [0.3, 0.4) is 0 Å². The molecule has 0 unspecified atom stereocenters. The third-order valence-electron chi connectivity index (χ3n) is 15.5.